The molecule has 0 amide bonds. The molecule has 30 heavy (non-hydrogen) atoms. The van der Waals surface area contributed by atoms with Gasteiger partial charge in [0.1, 0.15) is 5.75 Å². The third-order valence-electron chi connectivity index (χ3n) is 5.75. The molecule has 0 radical (unpaired) electrons. The molecule has 2 heterocycles. The summed E-state index contributed by atoms with van der Waals surface area (Å²) in [4.78, 5) is 22.3. The molecule has 0 bridgehead atoms. The fourth-order valence-electron chi connectivity index (χ4n) is 3.97. The molecule has 0 saturated heterocycles. The van der Waals surface area contributed by atoms with Crippen LogP contribution in [0.15, 0.2) is 47.3 Å². The average Bonchev–Trinajstić information content (AvgIpc) is 2.73. The standard InChI is InChI=1S/C24H28N4O2/c1-16-6-11-22(17(2)12-16)27-14-26(13-20-7-9-21(30-5)10-8-20)15-28-23(29)18(3)19(4)25-24(27)28/h6-12H,13-15H2,1-5H3. The van der Waals surface area contributed by atoms with Crippen LogP contribution in [0.5, 0.6) is 5.75 Å². The van der Waals surface area contributed by atoms with Crippen LogP contribution >= 0.6 is 0 Å². The SMILES string of the molecule is COc1ccc(CN2CN(c3ccc(C)cc3C)c3nc(C)c(C)c(=O)n3C2)cc1. The van der Waals surface area contributed by atoms with Crippen LogP contribution < -0.4 is 15.2 Å². The lowest BCUT2D eigenvalue weighted by atomic mass is 10.1. The Morgan fingerprint density at radius 1 is 1.00 bits per heavy atom. The first-order valence-corrected chi connectivity index (χ1v) is 10.2. The smallest absolute Gasteiger partial charge is 0.259 e. The second-order valence-corrected chi connectivity index (χ2v) is 8.03. The lowest BCUT2D eigenvalue weighted by Gasteiger charge is -2.39. The third-order valence-corrected chi connectivity index (χ3v) is 5.75. The fraction of sp³-hybridized carbons (Fsp3) is 0.333. The maximum atomic E-state index is 13.1. The summed E-state index contributed by atoms with van der Waals surface area (Å²) in [7, 11) is 1.67. The zero-order valence-corrected chi connectivity index (χ0v) is 18.3. The molecule has 156 valence electrons. The molecule has 0 unspecified atom stereocenters. The molecule has 0 saturated carbocycles. The molecule has 4 rings (SSSR count). The van der Waals surface area contributed by atoms with E-state index in [0.717, 1.165) is 23.7 Å². The molecule has 1 aliphatic rings. The van der Waals surface area contributed by atoms with Crippen LogP contribution in [0.4, 0.5) is 11.6 Å². The van der Waals surface area contributed by atoms with Crippen LogP contribution in [0.2, 0.25) is 0 Å². The monoisotopic (exact) mass is 404 g/mol. The Bertz CT molecular complexity index is 1140. The van der Waals surface area contributed by atoms with E-state index >= 15 is 0 Å². The largest absolute Gasteiger partial charge is 0.497 e. The molecule has 6 heteroatoms. The summed E-state index contributed by atoms with van der Waals surface area (Å²) in [6.07, 6.45) is 0. The van der Waals surface area contributed by atoms with Crippen molar-refractivity contribution in [1.82, 2.24) is 14.5 Å². The van der Waals surface area contributed by atoms with Crippen LogP contribution in [0.1, 0.15) is 27.9 Å². The van der Waals surface area contributed by atoms with Crippen LogP contribution in [0, 0.1) is 27.7 Å². The number of nitrogens with zero attached hydrogens (tertiary/aromatic N) is 4. The number of ether oxygens (including phenoxy) is 1. The number of hydrogen-bond donors (Lipinski definition) is 0. The Kier molecular flexibility index (Phi) is 5.35. The minimum Gasteiger partial charge on any atom is -0.497 e. The van der Waals surface area contributed by atoms with E-state index in [1.165, 1.54) is 16.7 Å². The first-order valence-electron chi connectivity index (χ1n) is 10.2. The topological polar surface area (TPSA) is 50.6 Å². The Morgan fingerprint density at radius 2 is 1.73 bits per heavy atom. The van der Waals surface area contributed by atoms with Crippen LogP contribution in [-0.2, 0) is 13.2 Å². The van der Waals surface area contributed by atoms with Crippen molar-refractivity contribution in [3.63, 3.8) is 0 Å². The van der Waals surface area contributed by atoms with Crippen molar-refractivity contribution < 1.29 is 4.74 Å². The molecule has 1 aliphatic heterocycles. The zero-order chi connectivity index (χ0) is 21.4. The molecular weight excluding hydrogens is 376 g/mol. The number of hydrogen-bond acceptors (Lipinski definition) is 5. The highest BCUT2D eigenvalue weighted by atomic mass is 16.5. The minimum absolute atomic E-state index is 0.0201. The molecule has 3 aromatic rings. The van der Waals surface area contributed by atoms with Gasteiger partial charge in [-0.2, -0.15) is 0 Å². The fourth-order valence-corrected chi connectivity index (χ4v) is 3.97. The molecule has 0 N–H and O–H groups in total. The van der Waals surface area contributed by atoms with Crippen LogP contribution in [0.25, 0.3) is 0 Å². The Labute approximate surface area is 177 Å². The molecular formula is C24H28N4O2. The number of methoxy groups -OCH3 is 1. The first-order chi connectivity index (χ1) is 14.4. The van der Waals surface area contributed by atoms with Crippen LogP contribution in [0.3, 0.4) is 0 Å². The van der Waals surface area contributed by atoms with Gasteiger partial charge in [0.25, 0.3) is 5.56 Å². The summed E-state index contributed by atoms with van der Waals surface area (Å²) >= 11 is 0. The van der Waals surface area contributed by atoms with E-state index in [1.54, 1.807) is 11.7 Å². The number of benzene rings is 2. The number of fused-ring (bicyclic) bond motifs is 1. The van der Waals surface area contributed by atoms with Gasteiger partial charge in [0.05, 0.1) is 20.4 Å². The van der Waals surface area contributed by atoms with E-state index in [2.05, 4.69) is 54.0 Å². The number of aryl methyl sites for hydroxylation is 3. The molecule has 1 aromatic heterocycles. The molecule has 6 nitrogen and oxygen atoms in total. The van der Waals surface area contributed by atoms with E-state index in [-0.39, 0.29) is 5.56 Å². The summed E-state index contributed by atoms with van der Waals surface area (Å²) < 4.78 is 7.05. The summed E-state index contributed by atoms with van der Waals surface area (Å²) in [6, 6.07) is 14.5. The number of aromatic nitrogens is 2. The number of rotatable bonds is 4. The van der Waals surface area contributed by atoms with Crippen molar-refractivity contribution >= 4 is 11.6 Å². The highest BCUT2D eigenvalue weighted by molar-refractivity contribution is 5.63. The van der Waals surface area contributed by atoms with Crippen LogP contribution in [-0.4, -0.2) is 28.2 Å². The molecule has 0 atom stereocenters. The maximum Gasteiger partial charge on any atom is 0.259 e. The second kappa shape index (κ2) is 7.95. The lowest BCUT2D eigenvalue weighted by molar-refractivity contribution is 0.189. The highest BCUT2D eigenvalue weighted by Gasteiger charge is 2.28. The highest BCUT2D eigenvalue weighted by Crippen LogP contribution is 2.31. The van der Waals surface area contributed by atoms with Gasteiger partial charge < -0.3 is 4.74 Å². The minimum atomic E-state index is 0.0201. The Morgan fingerprint density at radius 3 is 2.40 bits per heavy atom. The van der Waals surface area contributed by atoms with Gasteiger partial charge in [0.2, 0.25) is 5.95 Å². The molecule has 0 spiro atoms. The second-order valence-electron chi connectivity index (χ2n) is 8.03. The van der Waals surface area contributed by atoms with Gasteiger partial charge in [-0.1, -0.05) is 29.8 Å². The van der Waals surface area contributed by atoms with E-state index < -0.39 is 0 Å². The van der Waals surface area contributed by atoms with Gasteiger partial charge in [-0.3, -0.25) is 19.2 Å². The van der Waals surface area contributed by atoms with Gasteiger partial charge in [-0.15, -0.1) is 0 Å². The van der Waals surface area contributed by atoms with Gasteiger partial charge >= 0.3 is 0 Å². The molecule has 0 aliphatic carbocycles. The van der Waals surface area contributed by atoms with Crippen molar-refractivity contribution in [2.75, 3.05) is 18.7 Å². The average molecular weight is 405 g/mol. The van der Waals surface area contributed by atoms with Gasteiger partial charge in [0, 0.05) is 23.5 Å². The van der Waals surface area contributed by atoms with Crippen molar-refractivity contribution in [2.45, 2.75) is 40.9 Å². The summed E-state index contributed by atoms with van der Waals surface area (Å²) in [5.74, 6) is 1.55. The predicted octanol–water partition coefficient (Wildman–Crippen LogP) is 4.05. The van der Waals surface area contributed by atoms with Crippen molar-refractivity contribution in [2.24, 2.45) is 0 Å². The van der Waals surface area contributed by atoms with Crippen molar-refractivity contribution in [1.29, 1.82) is 0 Å². The zero-order valence-electron chi connectivity index (χ0n) is 18.3. The maximum absolute atomic E-state index is 13.1. The third kappa shape index (κ3) is 3.71. The lowest BCUT2D eigenvalue weighted by Crippen LogP contribution is -2.47. The molecule has 0 fully saturated rings. The quantitative estimate of drug-likeness (QED) is 0.657. The molecule has 2 aromatic carbocycles. The summed E-state index contributed by atoms with van der Waals surface area (Å²) in [5.41, 5.74) is 6.13. The summed E-state index contributed by atoms with van der Waals surface area (Å²) in [5, 5.41) is 0. The van der Waals surface area contributed by atoms with Gasteiger partial charge in [-0.25, -0.2) is 4.98 Å². The van der Waals surface area contributed by atoms with Crippen molar-refractivity contribution in [3.05, 3.63) is 80.8 Å². The normalized spacial score (nSPS) is 14.0. The van der Waals surface area contributed by atoms with Gasteiger partial charge in [-0.05, 0) is 57.0 Å². The van der Waals surface area contributed by atoms with E-state index in [0.29, 0.717) is 24.8 Å². The predicted molar refractivity (Wildman–Crippen MR) is 119 cm³/mol. The Hall–Kier alpha value is -3.12. The van der Waals surface area contributed by atoms with E-state index in [9.17, 15) is 4.79 Å². The van der Waals surface area contributed by atoms with Gasteiger partial charge in [0.15, 0.2) is 0 Å². The van der Waals surface area contributed by atoms with E-state index in [4.69, 9.17) is 9.72 Å². The number of anilines is 2. The van der Waals surface area contributed by atoms with Crippen molar-refractivity contribution in [3.8, 4) is 5.75 Å². The first kappa shape index (κ1) is 20.2. The summed E-state index contributed by atoms with van der Waals surface area (Å²) in [6.45, 7) is 9.84. The Balaban J connectivity index is 1.76. The van der Waals surface area contributed by atoms with E-state index in [1.807, 2.05) is 26.0 Å².